The van der Waals surface area contributed by atoms with E-state index in [-0.39, 0.29) is 0 Å². The van der Waals surface area contributed by atoms with Crippen molar-refractivity contribution in [2.75, 3.05) is 26.3 Å². The fourth-order valence-corrected chi connectivity index (χ4v) is 0.884. The van der Waals surface area contributed by atoms with Crippen LogP contribution < -0.4 is 5.32 Å². The van der Waals surface area contributed by atoms with Gasteiger partial charge in [-0.1, -0.05) is 0 Å². The molecular formula is C10H19NO. The minimum atomic E-state index is 0.817. The summed E-state index contributed by atoms with van der Waals surface area (Å²) >= 11 is 0. The molecule has 0 heterocycles. The van der Waals surface area contributed by atoms with Gasteiger partial charge < -0.3 is 10.1 Å². The summed E-state index contributed by atoms with van der Waals surface area (Å²) in [5, 5.41) is 3.30. The number of nitrogens with one attached hydrogen (secondary N) is 1. The van der Waals surface area contributed by atoms with E-state index in [9.17, 15) is 0 Å². The highest BCUT2D eigenvalue weighted by Crippen LogP contribution is 1.84. The Bertz CT molecular complexity index is 117. The Morgan fingerprint density at radius 2 is 2.08 bits per heavy atom. The molecule has 0 saturated carbocycles. The molecule has 0 unspecified atom stereocenters. The number of hydrogen-bond donors (Lipinski definition) is 1. The lowest BCUT2D eigenvalue weighted by Gasteiger charge is -2.02. The van der Waals surface area contributed by atoms with E-state index >= 15 is 0 Å². The minimum absolute atomic E-state index is 0.817. The van der Waals surface area contributed by atoms with Crippen LogP contribution in [0, 0.1) is 12.3 Å². The average Bonchev–Trinajstić information content (AvgIpc) is 2.10. The van der Waals surface area contributed by atoms with E-state index < -0.39 is 0 Å². The van der Waals surface area contributed by atoms with Gasteiger partial charge in [0, 0.05) is 19.6 Å². The highest BCUT2D eigenvalue weighted by Gasteiger charge is 1.87. The van der Waals surface area contributed by atoms with E-state index in [2.05, 4.69) is 11.2 Å². The van der Waals surface area contributed by atoms with Crippen molar-refractivity contribution in [3.05, 3.63) is 0 Å². The van der Waals surface area contributed by atoms with Gasteiger partial charge in [0.1, 0.15) is 0 Å². The number of unbranched alkanes of at least 4 members (excludes halogenated alkanes) is 1. The zero-order chi connectivity index (χ0) is 9.07. The largest absolute Gasteiger partial charge is 0.382 e. The van der Waals surface area contributed by atoms with E-state index in [0.717, 1.165) is 45.6 Å². The van der Waals surface area contributed by atoms with Crippen molar-refractivity contribution >= 4 is 0 Å². The monoisotopic (exact) mass is 169 g/mol. The Hall–Kier alpha value is -0.520. The Morgan fingerprint density at radius 1 is 1.33 bits per heavy atom. The summed E-state index contributed by atoms with van der Waals surface area (Å²) in [4.78, 5) is 0. The molecule has 0 rings (SSSR count). The van der Waals surface area contributed by atoms with Crippen LogP contribution in [0.25, 0.3) is 0 Å². The van der Waals surface area contributed by atoms with Crippen molar-refractivity contribution in [1.82, 2.24) is 5.32 Å². The van der Waals surface area contributed by atoms with Gasteiger partial charge in [-0.25, -0.2) is 0 Å². The summed E-state index contributed by atoms with van der Waals surface area (Å²) in [6.45, 7) is 5.75. The molecule has 0 fully saturated rings. The molecule has 0 atom stereocenters. The third kappa shape index (κ3) is 9.48. The SMILES string of the molecule is C#CCCCNCCCOCC. The fourth-order valence-electron chi connectivity index (χ4n) is 0.884. The van der Waals surface area contributed by atoms with Crippen LogP contribution in [-0.4, -0.2) is 26.3 Å². The van der Waals surface area contributed by atoms with E-state index in [4.69, 9.17) is 11.2 Å². The highest BCUT2D eigenvalue weighted by atomic mass is 16.5. The normalized spacial score (nSPS) is 9.67. The zero-order valence-corrected chi connectivity index (χ0v) is 7.94. The van der Waals surface area contributed by atoms with Crippen LogP contribution in [0.1, 0.15) is 26.2 Å². The molecule has 2 nitrogen and oxygen atoms in total. The second kappa shape index (κ2) is 10.5. The van der Waals surface area contributed by atoms with Gasteiger partial charge in [0.05, 0.1) is 0 Å². The van der Waals surface area contributed by atoms with Gasteiger partial charge >= 0.3 is 0 Å². The Labute approximate surface area is 75.7 Å². The molecule has 0 amide bonds. The van der Waals surface area contributed by atoms with Gasteiger partial charge in [-0.05, 0) is 32.9 Å². The van der Waals surface area contributed by atoms with Crippen molar-refractivity contribution < 1.29 is 4.74 Å². The van der Waals surface area contributed by atoms with Gasteiger partial charge in [-0.15, -0.1) is 12.3 Å². The molecular weight excluding hydrogens is 150 g/mol. The molecule has 0 aliphatic carbocycles. The Balaban J connectivity index is 2.78. The molecule has 1 N–H and O–H groups in total. The van der Waals surface area contributed by atoms with Gasteiger partial charge in [-0.2, -0.15) is 0 Å². The smallest absolute Gasteiger partial charge is 0.0477 e. The maximum absolute atomic E-state index is 5.19. The molecule has 0 saturated heterocycles. The predicted octanol–water partition coefficient (Wildman–Crippen LogP) is 1.42. The third-order valence-corrected chi connectivity index (χ3v) is 1.52. The lowest BCUT2D eigenvalue weighted by atomic mass is 10.3. The molecule has 2 heteroatoms. The number of hydrogen-bond acceptors (Lipinski definition) is 2. The van der Waals surface area contributed by atoms with Gasteiger partial charge in [-0.3, -0.25) is 0 Å². The van der Waals surface area contributed by atoms with Crippen LogP contribution in [0.2, 0.25) is 0 Å². The standard InChI is InChI=1S/C10H19NO/c1-3-5-6-8-11-9-7-10-12-4-2/h1,11H,4-10H2,2H3. The topological polar surface area (TPSA) is 21.3 Å². The quantitative estimate of drug-likeness (QED) is 0.438. The number of terminal acetylenes is 1. The van der Waals surface area contributed by atoms with E-state index in [1.807, 2.05) is 6.92 Å². The van der Waals surface area contributed by atoms with Crippen LogP contribution in [0.15, 0.2) is 0 Å². The molecule has 0 aliphatic heterocycles. The van der Waals surface area contributed by atoms with Crippen LogP contribution >= 0.6 is 0 Å². The van der Waals surface area contributed by atoms with Gasteiger partial charge in [0.2, 0.25) is 0 Å². The first-order valence-corrected chi connectivity index (χ1v) is 4.63. The second-order valence-electron chi connectivity index (χ2n) is 2.61. The van der Waals surface area contributed by atoms with Crippen LogP contribution in [0.3, 0.4) is 0 Å². The summed E-state index contributed by atoms with van der Waals surface area (Å²) in [6, 6.07) is 0. The number of rotatable bonds is 8. The average molecular weight is 169 g/mol. The Morgan fingerprint density at radius 3 is 2.75 bits per heavy atom. The maximum atomic E-state index is 5.19. The zero-order valence-electron chi connectivity index (χ0n) is 7.94. The first-order chi connectivity index (χ1) is 5.91. The Kier molecular flexibility index (Phi) is 10.0. The van der Waals surface area contributed by atoms with E-state index in [1.54, 1.807) is 0 Å². The molecule has 70 valence electrons. The molecule has 0 aromatic carbocycles. The van der Waals surface area contributed by atoms with Crippen molar-refractivity contribution in [3.63, 3.8) is 0 Å². The summed E-state index contributed by atoms with van der Waals surface area (Å²) in [5.41, 5.74) is 0. The van der Waals surface area contributed by atoms with Crippen LogP contribution in [0.5, 0.6) is 0 Å². The van der Waals surface area contributed by atoms with E-state index in [0.29, 0.717) is 0 Å². The fraction of sp³-hybridized carbons (Fsp3) is 0.800. The second-order valence-corrected chi connectivity index (χ2v) is 2.61. The first kappa shape index (κ1) is 11.5. The maximum Gasteiger partial charge on any atom is 0.0477 e. The summed E-state index contributed by atoms with van der Waals surface area (Å²) in [5.74, 6) is 2.61. The lowest BCUT2D eigenvalue weighted by molar-refractivity contribution is 0.145. The molecule has 0 spiro atoms. The molecule has 0 radical (unpaired) electrons. The van der Waals surface area contributed by atoms with Gasteiger partial charge in [0.25, 0.3) is 0 Å². The van der Waals surface area contributed by atoms with Crippen LogP contribution in [0.4, 0.5) is 0 Å². The summed E-state index contributed by atoms with van der Waals surface area (Å²) in [7, 11) is 0. The highest BCUT2D eigenvalue weighted by molar-refractivity contribution is 4.83. The first-order valence-electron chi connectivity index (χ1n) is 4.63. The number of ether oxygens (including phenoxy) is 1. The van der Waals surface area contributed by atoms with Crippen molar-refractivity contribution in [2.45, 2.75) is 26.2 Å². The van der Waals surface area contributed by atoms with Crippen molar-refractivity contribution in [2.24, 2.45) is 0 Å². The van der Waals surface area contributed by atoms with Crippen molar-refractivity contribution in [3.8, 4) is 12.3 Å². The molecule has 0 aromatic heterocycles. The molecule has 12 heavy (non-hydrogen) atoms. The molecule has 0 bridgehead atoms. The van der Waals surface area contributed by atoms with E-state index in [1.165, 1.54) is 0 Å². The minimum Gasteiger partial charge on any atom is -0.382 e. The predicted molar refractivity (Wildman–Crippen MR) is 52.0 cm³/mol. The molecule has 0 aliphatic rings. The van der Waals surface area contributed by atoms with Crippen LogP contribution in [-0.2, 0) is 4.74 Å². The van der Waals surface area contributed by atoms with Crippen molar-refractivity contribution in [1.29, 1.82) is 0 Å². The lowest BCUT2D eigenvalue weighted by Crippen LogP contribution is -2.17. The summed E-state index contributed by atoms with van der Waals surface area (Å²) in [6.07, 6.45) is 8.15. The summed E-state index contributed by atoms with van der Waals surface area (Å²) < 4.78 is 5.19. The van der Waals surface area contributed by atoms with Gasteiger partial charge in [0.15, 0.2) is 0 Å². The third-order valence-electron chi connectivity index (χ3n) is 1.52. The molecule has 0 aromatic rings.